The van der Waals surface area contributed by atoms with E-state index in [1.807, 2.05) is 6.92 Å². The molecule has 1 aromatic rings. The molecule has 4 heteroatoms. The van der Waals surface area contributed by atoms with Crippen molar-refractivity contribution in [2.24, 2.45) is 11.8 Å². The first-order valence-electron chi connectivity index (χ1n) is 7.29. The number of Topliss-reactive ketones (excluding diaryl/α,β-unsaturated/α-hetero) is 1. The van der Waals surface area contributed by atoms with Crippen molar-refractivity contribution < 1.29 is 13.6 Å². The zero-order chi connectivity index (χ0) is 14.3. The molecule has 3 unspecified atom stereocenters. The molecular weight excluding hydrogens is 260 g/mol. The molecule has 2 aliphatic rings. The Morgan fingerprint density at radius 2 is 1.90 bits per heavy atom. The number of fused-ring (bicyclic) bond motifs is 1. The molecule has 1 heterocycles. The molecule has 0 bridgehead atoms. The lowest BCUT2D eigenvalue weighted by atomic mass is 10.0. The van der Waals surface area contributed by atoms with E-state index in [9.17, 15) is 13.6 Å². The van der Waals surface area contributed by atoms with Gasteiger partial charge in [0.15, 0.2) is 5.78 Å². The number of rotatable bonds is 3. The van der Waals surface area contributed by atoms with Gasteiger partial charge < -0.3 is 0 Å². The maximum Gasteiger partial charge on any atom is 0.182 e. The van der Waals surface area contributed by atoms with E-state index in [1.54, 1.807) is 0 Å². The molecule has 2 nitrogen and oxygen atoms in total. The highest BCUT2D eigenvalue weighted by atomic mass is 19.1. The Morgan fingerprint density at radius 3 is 2.50 bits per heavy atom. The first-order valence-corrected chi connectivity index (χ1v) is 7.29. The molecule has 1 saturated heterocycles. The van der Waals surface area contributed by atoms with Crippen LogP contribution in [0.2, 0.25) is 0 Å². The minimum absolute atomic E-state index is 0.00374. The van der Waals surface area contributed by atoms with Crippen LogP contribution in [-0.4, -0.2) is 29.8 Å². The number of benzene rings is 1. The highest BCUT2D eigenvalue weighted by Crippen LogP contribution is 2.38. The first kappa shape index (κ1) is 13.7. The summed E-state index contributed by atoms with van der Waals surface area (Å²) >= 11 is 0. The van der Waals surface area contributed by atoms with Gasteiger partial charge in [-0.3, -0.25) is 9.69 Å². The highest BCUT2D eigenvalue weighted by molar-refractivity contribution is 6.00. The van der Waals surface area contributed by atoms with Crippen molar-refractivity contribution in [2.75, 3.05) is 13.1 Å². The molecule has 0 radical (unpaired) electrons. The minimum atomic E-state index is -0.763. The molecule has 1 saturated carbocycles. The number of nitrogens with zero attached hydrogens (tertiary/aromatic N) is 1. The zero-order valence-corrected chi connectivity index (χ0v) is 11.6. The van der Waals surface area contributed by atoms with Crippen LogP contribution >= 0.6 is 0 Å². The predicted molar refractivity (Wildman–Crippen MR) is 72.6 cm³/mol. The van der Waals surface area contributed by atoms with Gasteiger partial charge in [-0.2, -0.15) is 0 Å². The maximum atomic E-state index is 13.7. The Balaban J connectivity index is 1.73. The Labute approximate surface area is 117 Å². The number of likely N-dealkylation sites (tertiary alicyclic amines) is 1. The average molecular weight is 279 g/mol. The zero-order valence-electron chi connectivity index (χ0n) is 11.6. The molecule has 3 atom stereocenters. The second kappa shape index (κ2) is 5.24. The van der Waals surface area contributed by atoms with Crippen LogP contribution in [0.4, 0.5) is 8.78 Å². The first-order chi connectivity index (χ1) is 9.56. The van der Waals surface area contributed by atoms with Crippen LogP contribution in [0, 0.1) is 23.5 Å². The largest absolute Gasteiger partial charge is 0.293 e. The Kier molecular flexibility index (Phi) is 3.59. The predicted octanol–water partition coefficient (Wildman–Crippen LogP) is 3.27. The van der Waals surface area contributed by atoms with E-state index in [2.05, 4.69) is 4.90 Å². The van der Waals surface area contributed by atoms with Gasteiger partial charge in [0.05, 0.1) is 11.6 Å². The molecule has 0 N–H and O–H groups in total. The summed E-state index contributed by atoms with van der Waals surface area (Å²) in [6.45, 7) is 3.69. The fourth-order valence-electron chi connectivity index (χ4n) is 3.67. The van der Waals surface area contributed by atoms with Crippen molar-refractivity contribution in [3.05, 3.63) is 35.4 Å². The number of carbonyl (C=O) groups is 1. The molecule has 108 valence electrons. The number of ketones is 1. The van der Waals surface area contributed by atoms with Gasteiger partial charge in [0.1, 0.15) is 11.6 Å². The van der Waals surface area contributed by atoms with Crippen LogP contribution in [-0.2, 0) is 0 Å². The van der Waals surface area contributed by atoms with E-state index in [0.717, 1.165) is 25.2 Å². The van der Waals surface area contributed by atoms with E-state index in [-0.39, 0.29) is 17.4 Å². The second-order valence-corrected chi connectivity index (χ2v) is 6.07. The third kappa shape index (κ3) is 2.37. The third-order valence-electron chi connectivity index (χ3n) is 4.88. The Bertz CT molecular complexity index is 519. The lowest BCUT2D eigenvalue weighted by Crippen LogP contribution is -2.38. The van der Waals surface area contributed by atoms with Gasteiger partial charge in [0.25, 0.3) is 0 Å². The van der Waals surface area contributed by atoms with Crippen molar-refractivity contribution >= 4 is 5.78 Å². The van der Waals surface area contributed by atoms with Crippen LogP contribution < -0.4 is 0 Å². The normalized spacial score (nSPS) is 27.6. The topological polar surface area (TPSA) is 20.3 Å². The van der Waals surface area contributed by atoms with Crippen LogP contribution in [0.1, 0.15) is 36.5 Å². The molecule has 1 aromatic carbocycles. The van der Waals surface area contributed by atoms with Gasteiger partial charge in [-0.1, -0.05) is 6.42 Å². The van der Waals surface area contributed by atoms with Crippen LogP contribution in [0.5, 0.6) is 0 Å². The van der Waals surface area contributed by atoms with E-state index in [4.69, 9.17) is 0 Å². The van der Waals surface area contributed by atoms with Crippen LogP contribution in [0.25, 0.3) is 0 Å². The van der Waals surface area contributed by atoms with Crippen molar-refractivity contribution in [3.8, 4) is 0 Å². The van der Waals surface area contributed by atoms with Crippen molar-refractivity contribution in [1.82, 2.24) is 4.90 Å². The summed E-state index contributed by atoms with van der Waals surface area (Å²) in [5, 5.41) is 0. The van der Waals surface area contributed by atoms with E-state index >= 15 is 0 Å². The molecule has 0 amide bonds. The summed E-state index contributed by atoms with van der Waals surface area (Å²) < 4.78 is 26.6. The molecular formula is C16H19F2NO. The third-order valence-corrected chi connectivity index (χ3v) is 4.88. The monoisotopic (exact) mass is 279 g/mol. The molecule has 0 spiro atoms. The quantitative estimate of drug-likeness (QED) is 0.791. The van der Waals surface area contributed by atoms with Gasteiger partial charge >= 0.3 is 0 Å². The van der Waals surface area contributed by atoms with Gasteiger partial charge in [-0.05, 0) is 43.7 Å². The molecule has 0 aromatic heterocycles. The molecule has 20 heavy (non-hydrogen) atoms. The number of halogens is 2. The number of hydrogen-bond donors (Lipinski definition) is 0. The van der Waals surface area contributed by atoms with Crippen LogP contribution in [0.3, 0.4) is 0 Å². The van der Waals surface area contributed by atoms with E-state index < -0.39 is 11.6 Å². The van der Waals surface area contributed by atoms with E-state index in [1.165, 1.54) is 25.3 Å². The van der Waals surface area contributed by atoms with Gasteiger partial charge in [-0.25, -0.2) is 8.78 Å². The minimum Gasteiger partial charge on any atom is -0.293 e. The lowest BCUT2D eigenvalue weighted by Gasteiger charge is -2.24. The van der Waals surface area contributed by atoms with Crippen LogP contribution in [0.15, 0.2) is 18.2 Å². The molecule has 1 aliphatic heterocycles. The Hall–Kier alpha value is -1.29. The van der Waals surface area contributed by atoms with E-state index in [0.29, 0.717) is 11.8 Å². The summed E-state index contributed by atoms with van der Waals surface area (Å²) in [5.41, 5.74) is -0.00374. The SMILES string of the molecule is CC(C(=O)c1ccc(F)cc1F)N1CC2CCCC2C1. The Morgan fingerprint density at radius 1 is 1.25 bits per heavy atom. The molecule has 1 aliphatic carbocycles. The lowest BCUT2D eigenvalue weighted by molar-refractivity contribution is 0.0854. The molecule has 3 rings (SSSR count). The average Bonchev–Trinajstić information content (AvgIpc) is 2.97. The standard InChI is InChI=1S/C16H19F2NO/c1-10(19-8-11-3-2-4-12(11)9-19)16(20)14-6-5-13(17)7-15(14)18/h5-7,10-12H,2-4,8-9H2,1H3. The smallest absolute Gasteiger partial charge is 0.182 e. The summed E-state index contributed by atoms with van der Waals surface area (Å²) in [4.78, 5) is 14.5. The van der Waals surface area contributed by atoms with Crippen molar-refractivity contribution in [1.29, 1.82) is 0 Å². The molecule has 2 fully saturated rings. The summed E-state index contributed by atoms with van der Waals surface area (Å²) in [7, 11) is 0. The van der Waals surface area contributed by atoms with Gasteiger partial charge in [0.2, 0.25) is 0 Å². The van der Waals surface area contributed by atoms with Gasteiger partial charge in [0, 0.05) is 19.2 Å². The summed E-state index contributed by atoms with van der Waals surface area (Å²) in [6, 6.07) is 2.83. The fraction of sp³-hybridized carbons (Fsp3) is 0.562. The maximum absolute atomic E-state index is 13.7. The van der Waals surface area contributed by atoms with Gasteiger partial charge in [-0.15, -0.1) is 0 Å². The number of hydrogen-bond acceptors (Lipinski definition) is 2. The highest BCUT2D eigenvalue weighted by Gasteiger charge is 2.39. The number of carbonyl (C=O) groups excluding carboxylic acids is 1. The fourth-order valence-corrected chi connectivity index (χ4v) is 3.67. The van der Waals surface area contributed by atoms with Crippen molar-refractivity contribution in [3.63, 3.8) is 0 Å². The summed E-state index contributed by atoms with van der Waals surface area (Å²) in [5.74, 6) is -0.266. The van der Waals surface area contributed by atoms with Crippen molar-refractivity contribution in [2.45, 2.75) is 32.2 Å². The summed E-state index contributed by atoms with van der Waals surface area (Å²) in [6.07, 6.45) is 3.78. The second-order valence-electron chi connectivity index (χ2n) is 6.07.